The Kier molecular flexibility index (Phi) is 7.53. The molecule has 0 radical (unpaired) electrons. The highest BCUT2D eigenvalue weighted by Gasteiger charge is 2.24. The molecule has 2 aromatic carbocycles. The maximum absolute atomic E-state index is 12.2. The number of hydrogen-bond acceptors (Lipinski definition) is 5. The van der Waals surface area contributed by atoms with Gasteiger partial charge in [-0.15, -0.1) is 11.3 Å². The molecule has 0 saturated heterocycles. The van der Waals surface area contributed by atoms with Crippen molar-refractivity contribution in [2.24, 2.45) is 5.14 Å². The summed E-state index contributed by atoms with van der Waals surface area (Å²) in [5.41, 5.74) is 2.59. The van der Waals surface area contributed by atoms with Crippen molar-refractivity contribution in [3.63, 3.8) is 0 Å². The van der Waals surface area contributed by atoms with Gasteiger partial charge < -0.3 is 4.79 Å². The van der Waals surface area contributed by atoms with Crippen LogP contribution in [0, 0.1) is 0 Å². The summed E-state index contributed by atoms with van der Waals surface area (Å²) in [7, 11) is -3.85. The molecule has 5 nitrogen and oxygen atoms in total. The third kappa shape index (κ3) is 5.84. The number of nitrogens with two attached hydrogens (primary N) is 1. The lowest BCUT2D eigenvalue weighted by Gasteiger charge is -2.18. The van der Waals surface area contributed by atoms with E-state index in [9.17, 15) is 13.2 Å². The van der Waals surface area contributed by atoms with Gasteiger partial charge in [0.1, 0.15) is 10.8 Å². The highest BCUT2D eigenvalue weighted by molar-refractivity contribution is 7.89. The number of hydrogen-bond donors (Lipinski definition) is 1. The molecule has 0 bridgehead atoms. The van der Waals surface area contributed by atoms with Crippen molar-refractivity contribution in [1.82, 2.24) is 4.98 Å². The number of nitrogens with zero attached hydrogens (tertiary/aromatic N) is 1. The van der Waals surface area contributed by atoms with Crippen molar-refractivity contribution in [1.29, 1.82) is 0 Å². The molecule has 0 saturated carbocycles. The van der Waals surface area contributed by atoms with Gasteiger partial charge in [0, 0.05) is 23.3 Å². The molecule has 0 spiro atoms. The standard InChI is InChI=1S/C23H26N2O3S2/c1-17(26)10-4-2-7-14-20(19-13-8-9-15-22(19)30(24,27)28)23-25-21(16-29-23)18-11-5-3-6-12-18/h3,5-6,8-9,11-13,15-16,20H,2,4,7,10,14H2,1H3,(H2,24,27,28). The average Bonchev–Trinajstić information content (AvgIpc) is 3.20. The summed E-state index contributed by atoms with van der Waals surface area (Å²) >= 11 is 1.53. The Morgan fingerprint density at radius 1 is 1.03 bits per heavy atom. The first-order valence-corrected chi connectivity index (χ1v) is 12.4. The third-order valence-corrected chi connectivity index (χ3v) is 6.96. The summed E-state index contributed by atoms with van der Waals surface area (Å²) in [6, 6.07) is 16.8. The summed E-state index contributed by atoms with van der Waals surface area (Å²) in [4.78, 5) is 16.2. The molecule has 0 amide bonds. The highest BCUT2D eigenvalue weighted by atomic mass is 32.2. The van der Waals surface area contributed by atoms with Crippen LogP contribution in [0.1, 0.15) is 55.5 Å². The second-order valence-corrected chi connectivity index (χ2v) is 9.79. The number of ketones is 1. The molecule has 0 aliphatic carbocycles. The van der Waals surface area contributed by atoms with Gasteiger partial charge in [-0.25, -0.2) is 18.5 Å². The van der Waals surface area contributed by atoms with Crippen molar-refractivity contribution in [2.45, 2.75) is 49.8 Å². The molecule has 0 fully saturated rings. The lowest BCUT2D eigenvalue weighted by Crippen LogP contribution is -2.16. The Morgan fingerprint density at radius 2 is 1.73 bits per heavy atom. The molecule has 30 heavy (non-hydrogen) atoms. The zero-order valence-corrected chi connectivity index (χ0v) is 18.6. The second kappa shape index (κ2) is 10.1. The minimum atomic E-state index is -3.85. The van der Waals surface area contributed by atoms with Crippen LogP contribution in [0.25, 0.3) is 11.3 Å². The summed E-state index contributed by atoms with van der Waals surface area (Å²) in [5, 5.41) is 8.38. The largest absolute Gasteiger partial charge is 0.300 e. The molecule has 1 unspecified atom stereocenters. The predicted molar refractivity (Wildman–Crippen MR) is 121 cm³/mol. The third-order valence-electron chi connectivity index (χ3n) is 5.01. The molecule has 2 N–H and O–H groups in total. The topological polar surface area (TPSA) is 90.1 Å². The fourth-order valence-corrected chi connectivity index (χ4v) is 5.32. The van der Waals surface area contributed by atoms with Crippen LogP contribution in [-0.4, -0.2) is 19.2 Å². The summed E-state index contributed by atoms with van der Waals surface area (Å²) in [6.45, 7) is 1.60. The van der Waals surface area contributed by atoms with Gasteiger partial charge in [-0.2, -0.15) is 0 Å². The average molecular weight is 443 g/mol. The van der Waals surface area contributed by atoms with E-state index < -0.39 is 10.0 Å². The molecule has 0 aliphatic rings. The van der Waals surface area contributed by atoms with Crippen molar-refractivity contribution in [3.8, 4) is 11.3 Å². The van der Waals surface area contributed by atoms with E-state index in [-0.39, 0.29) is 16.6 Å². The first kappa shape index (κ1) is 22.3. The Balaban J connectivity index is 1.91. The molecule has 158 valence electrons. The monoisotopic (exact) mass is 442 g/mol. The van der Waals surface area contributed by atoms with E-state index in [4.69, 9.17) is 10.1 Å². The van der Waals surface area contributed by atoms with Gasteiger partial charge in [-0.05, 0) is 31.4 Å². The zero-order valence-electron chi connectivity index (χ0n) is 17.0. The van der Waals surface area contributed by atoms with Crippen LogP contribution in [0.4, 0.5) is 0 Å². The van der Waals surface area contributed by atoms with Gasteiger partial charge in [-0.1, -0.05) is 61.4 Å². The van der Waals surface area contributed by atoms with Gasteiger partial charge in [0.15, 0.2) is 0 Å². The SMILES string of the molecule is CC(=O)CCCCCC(c1nc(-c2ccccc2)cs1)c1ccccc1S(N)(=O)=O. The Morgan fingerprint density at radius 3 is 2.43 bits per heavy atom. The first-order chi connectivity index (χ1) is 14.4. The van der Waals surface area contributed by atoms with Gasteiger partial charge in [0.05, 0.1) is 10.6 Å². The predicted octanol–water partition coefficient (Wildman–Crippen LogP) is 5.13. The minimum absolute atomic E-state index is 0.148. The van der Waals surface area contributed by atoms with E-state index in [1.54, 1.807) is 19.1 Å². The van der Waals surface area contributed by atoms with Gasteiger partial charge in [0.2, 0.25) is 10.0 Å². The molecule has 3 rings (SSSR count). The maximum Gasteiger partial charge on any atom is 0.238 e. The number of sulfonamides is 1. The number of aromatic nitrogens is 1. The van der Waals surface area contributed by atoms with Gasteiger partial charge in [0.25, 0.3) is 0 Å². The Hall–Kier alpha value is -2.35. The molecule has 3 aromatic rings. The molecule has 1 atom stereocenters. The van der Waals surface area contributed by atoms with E-state index >= 15 is 0 Å². The van der Waals surface area contributed by atoms with Crippen LogP contribution in [0.5, 0.6) is 0 Å². The van der Waals surface area contributed by atoms with E-state index in [0.717, 1.165) is 41.9 Å². The van der Waals surface area contributed by atoms with E-state index in [2.05, 4.69) is 0 Å². The number of primary sulfonamides is 1. The van der Waals surface area contributed by atoms with E-state index in [0.29, 0.717) is 12.0 Å². The van der Waals surface area contributed by atoms with Gasteiger partial charge >= 0.3 is 0 Å². The van der Waals surface area contributed by atoms with Crippen molar-refractivity contribution < 1.29 is 13.2 Å². The number of thiazole rings is 1. The fourth-order valence-electron chi connectivity index (χ4n) is 3.53. The molecule has 1 heterocycles. The Bertz CT molecular complexity index is 1090. The Labute approximate surface area is 182 Å². The van der Waals surface area contributed by atoms with Crippen LogP contribution < -0.4 is 5.14 Å². The molecular formula is C23H26N2O3S2. The number of Topliss-reactive ketones (excluding diaryl/α,β-unsaturated/α-hetero) is 1. The first-order valence-electron chi connectivity index (χ1n) is 9.98. The number of carbonyl (C=O) groups is 1. The maximum atomic E-state index is 12.2. The number of benzene rings is 2. The van der Waals surface area contributed by atoms with E-state index in [1.165, 1.54) is 11.3 Å². The second-order valence-electron chi connectivity index (χ2n) is 7.37. The smallest absolute Gasteiger partial charge is 0.238 e. The van der Waals surface area contributed by atoms with Crippen LogP contribution in [0.15, 0.2) is 64.9 Å². The van der Waals surface area contributed by atoms with E-state index in [1.807, 2.05) is 47.8 Å². The lowest BCUT2D eigenvalue weighted by atomic mass is 9.93. The highest BCUT2D eigenvalue weighted by Crippen LogP contribution is 2.37. The van der Waals surface area contributed by atoms with Crippen molar-refractivity contribution >= 4 is 27.1 Å². The van der Waals surface area contributed by atoms with Crippen molar-refractivity contribution in [3.05, 3.63) is 70.5 Å². The van der Waals surface area contributed by atoms with Crippen LogP contribution >= 0.6 is 11.3 Å². The summed E-state index contributed by atoms with van der Waals surface area (Å²) in [5.74, 6) is 0.0258. The number of unbranched alkanes of at least 4 members (excludes halogenated alkanes) is 2. The van der Waals surface area contributed by atoms with Crippen LogP contribution in [-0.2, 0) is 14.8 Å². The molecule has 0 aliphatic heterocycles. The van der Waals surface area contributed by atoms with Crippen molar-refractivity contribution in [2.75, 3.05) is 0 Å². The molecule has 7 heteroatoms. The fraction of sp³-hybridized carbons (Fsp3) is 0.304. The number of carbonyl (C=O) groups excluding carboxylic acids is 1. The minimum Gasteiger partial charge on any atom is -0.300 e. The number of rotatable bonds is 10. The van der Waals surface area contributed by atoms with Crippen LogP contribution in [0.3, 0.4) is 0 Å². The lowest BCUT2D eigenvalue weighted by molar-refractivity contribution is -0.117. The van der Waals surface area contributed by atoms with Gasteiger partial charge in [-0.3, -0.25) is 0 Å². The van der Waals surface area contributed by atoms with Crippen LogP contribution in [0.2, 0.25) is 0 Å². The molecule has 1 aromatic heterocycles. The zero-order chi connectivity index (χ0) is 21.6. The summed E-state index contributed by atoms with van der Waals surface area (Å²) < 4.78 is 24.4. The molecular weight excluding hydrogens is 416 g/mol. The summed E-state index contributed by atoms with van der Waals surface area (Å²) in [6.07, 6.45) is 3.94. The normalized spacial score (nSPS) is 12.6. The quantitative estimate of drug-likeness (QED) is 0.441.